The topological polar surface area (TPSA) is 55.8 Å². The smallest absolute Gasteiger partial charge is 0.335 e. The summed E-state index contributed by atoms with van der Waals surface area (Å²) >= 11 is 0. The van der Waals surface area contributed by atoms with Gasteiger partial charge in [-0.2, -0.15) is 0 Å². The molecule has 0 saturated carbocycles. The molecule has 0 aliphatic heterocycles. The first kappa shape index (κ1) is 14.5. The summed E-state index contributed by atoms with van der Waals surface area (Å²) in [7, 11) is 0. The standard InChI is InChI=1S/C14H20O4/c1-4-17-14(16)13(18-10(2)3)9-11-5-7-12(15)8-6-11/h5-8,10,13,15H,4,9H2,1-3H3/t13-/m1/s1. The highest BCUT2D eigenvalue weighted by molar-refractivity contribution is 5.75. The largest absolute Gasteiger partial charge is 0.508 e. The average Bonchev–Trinajstić information content (AvgIpc) is 2.31. The summed E-state index contributed by atoms with van der Waals surface area (Å²) in [5.41, 5.74) is 0.923. The van der Waals surface area contributed by atoms with Crippen molar-refractivity contribution in [3.63, 3.8) is 0 Å². The van der Waals surface area contributed by atoms with E-state index in [0.29, 0.717) is 13.0 Å². The number of ether oxygens (including phenoxy) is 2. The monoisotopic (exact) mass is 252 g/mol. The molecule has 0 aromatic heterocycles. The van der Waals surface area contributed by atoms with Crippen LogP contribution in [0.15, 0.2) is 24.3 Å². The highest BCUT2D eigenvalue weighted by atomic mass is 16.6. The molecule has 0 spiro atoms. The minimum absolute atomic E-state index is 0.0449. The first-order chi connectivity index (χ1) is 8.52. The Hall–Kier alpha value is -1.55. The van der Waals surface area contributed by atoms with Crippen LogP contribution in [0.5, 0.6) is 5.75 Å². The first-order valence-electron chi connectivity index (χ1n) is 6.13. The highest BCUT2D eigenvalue weighted by Crippen LogP contribution is 2.14. The predicted octanol–water partition coefficient (Wildman–Crippen LogP) is 2.29. The fourth-order valence-electron chi connectivity index (χ4n) is 1.60. The Morgan fingerprint density at radius 2 is 1.89 bits per heavy atom. The van der Waals surface area contributed by atoms with Gasteiger partial charge in [0.25, 0.3) is 0 Å². The molecule has 1 N–H and O–H groups in total. The van der Waals surface area contributed by atoms with Crippen molar-refractivity contribution < 1.29 is 19.4 Å². The van der Waals surface area contributed by atoms with Gasteiger partial charge >= 0.3 is 5.97 Å². The third-order valence-electron chi connectivity index (χ3n) is 2.34. The van der Waals surface area contributed by atoms with Crippen molar-refractivity contribution in [2.45, 2.75) is 39.4 Å². The lowest BCUT2D eigenvalue weighted by Crippen LogP contribution is -2.31. The maximum Gasteiger partial charge on any atom is 0.335 e. The second-order valence-electron chi connectivity index (χ2n) is 4.30. The van der Waals surface area contributed by atoms with Gasteiger partial charge < -0.3 is 14.6 Å². The number of carbonyl (C=O) groups is 1. The number of hydrogen-bond acceptors (Lipinski definition) is 4. The Kier molecular flexibility index (Phi) is 5.65. The molecule has 18 heavy (non-hydrogen) atoms. The van der Waals surface area contributed by atoms with E-state index in [1.165, 1.54) is 0 Å². The minimum Gasteiger partial charge on any atom is -0.508 e. The highest BCUT2D eigenvalue weighted by Gasteiger charge is 2.22. The van der Waals surface area contributed by atoms with Gasteiger partial charge in [0.15, 0.2) is 6.10 Å². The Morgan fingerprint density at radius 1 is 1.28 bits per heavy atom. The quantitative estimate of drug-likeness (QED) is 0.789. The lowest BCUT2D eigenvalue weighted by molar-refractivity contribution is -0.159. The van der Waals surface area contributed by atoms with Crippen molar-refractivity contribution in [3.05, 3.63) is 29.8 Å². The van der Waals surface area contributed by atoms with Crippen LogP contribution in [0.1, 0.15) is 26.3 Å². The van der Waals surface area contributed by atoms with Crippen LogP contribution in [-0.4, -0.2) is 29.9 Å². The van der Waals surface area contributed by atoms with Gasteiger partial charge in [0.1, 0.15) is 5.75 Å². The number of aromatic hydroxyl groups is 1. The lowest BCUT2D eigenvalue weighted by atomic mass is 10.1. The van der Waals surface area contributed by atoms with E-state index in [9.17, 15) is 9.90 Å². The molecule has 1 rings (SSSR count). The number of esters is 1. The van der Waals surface area contributed by atoms with Gasteiger partial charge in [0.2, 0.25) is 0 Å². The molecule has 0 radical (unpaired) electrons. The van der Waals surface area contributed by atoms with E-state index < -0.39 is 6.10 Å². The molecule has 0 saturated heterocycles. The van der Waals surface area contributed by atoms with Crippen molar-refractivity contribution in [3.8, 4) is 5.75 Å². The summed E-state index contributed by atoms with van der Waals surface area (Å²) in [5, 5.41) is 9.21. The zero-order valence-electron chi connectivity index (χ0n) is 11.1. The number of carbonyl (C=O) groups excluding carboxylic acids is 1. The zero-order chi connectivity index (χ0) is 13.5. The maximum absolute atomic E-state index is 11.8. The number of benzene rings is 1. The molecule has 0 aliphatic rings. The van der Waals surface area contributed by atoms with E-state index in [-0.39, 0.29) is 17.8 Å². The molecule has 0 fully saturated rings. The van der Waals surface area contributed by atoms with E-state index >= 15 is 0 Å². The molecule has 0 aliphatic carbocycles. The van der Waals surface area contributed by atoms with Crippen LogP contribution in [0.4, 0.5) is 0 Å². The second kappa shape index (κ2) is 7.01. The number of phenols is 1. The third kappa shape index (κ3) is 4.75. The molecule has 1 atom stereocenters. The first-order valence-corrected chi connectivity index (χ1v) is 6.13. The van der Waals surface area contributed by atoms with Crippen LogP contribution < -0.4 is 0 Å². The Bertz CT molecular complexity index is 370. The van der Waals surface area contributed by atoms with E-state index in [1.807, 2.05) is 13.8 Å². The molecule has 1 aromatic rings. The van der Waals surface area contributed by atoms with E-state index in [1.54, 1.807) is 31.2 Å². The Balaban J connectivity index is 2.71. The van der Waals surface area contributed by atoms with E-state index in [0.717, 1.165) is 5.56 Å². The fraction of sp³-hybridized carbons (Fsp3) is 0.500. The summed E-state index contributed by atoms with van der Waals surface area (Å²) in [6, 6.07) is 6.72. The summed E-state index contributed by atoms with van der Waals surface area (Å²) in [4.78, 5) is 11.8. The lowest BCUT2D eigenvalue weighted by Gasteiger charge is -2.19. The summed E-state index contributed by atoms with van der Waals surface area (Å²) < 4.78 is 10.5. The molecule has 0 unspecified atom stereocenters. The Morgan fingerprint density at radius 3 is 2.39 bits per heavy atom. The predicted molar refractivity (Wildman–Crippen MR) is 68.5 cm³/mol. The zero-order valence-corrected chi connectivity index (χ0v) is 11.1. The van der Waals surface area contributed by atoms with Crippen molar-refractivity contribution >= 4 is 5.97 Å². The van der Waals surface area contributed by atoms with Crippen molar-refractivity contribution in [2.24, 2.45) is 0 Å². The fourth-order valence-corrected chi connectivity index (χ4v) is 1.60. The molecule has 4 nitrogen and oxygen atoms in total. The molecule has 0 heterocycles. The van der Waals surface area contributed by atoms with Gasteiger partial charge in [-0.3, -0.25) is 0 Å². The van der Waals surface area contributed by atoms with Crippen LogP contribution in [0.3, 0.4) is 0 Å². The number of phenolic OH excluding ortho intramolecular Hbond substituents is 1. The third-order valence-corrected chi connectivity index (χ3v) is 2.34. The molecule has 100 valence electrons. The normalized spacial score (nSPS) is 12.4. The van der Waals surface area contributed by atoms with Crippen molar-refractivity contribution in [1.82, 2.24) is 0 Å². The summed E-state index contributed by atoms with van der Waals surface area (Å²) in [6.45, 7) is 5.86. The molecule has 4 heteroatoms. The SMILES string of the molecule is CCOC(=O)[C@@H](Cc1ccc(O)cc1)OC(C)C. The van der Waals surface area contributed by atoms with Gasteiger partial charge in [-0.25, -0.2) is 4.79 Å². The van der Waals surface area contributed by atoms with Crippen LogP contribution in [-0.2, 0) is 20.7 Å². The van der Waals surface area contributed by atoms with Crippen LogP contribution >= 0.6 is 0 Å². The van der Waals surface area contributed by atoms with Crippen molar-refractivity contribution in [2.75, 3.05) is 6.61 Å². The summed E-state index contributed by atoms with van der Waals surface area (Å²) in [6.07, 6.45) is -0.205. The van der Waals surface area contributed by atoms with Crippen LogP contribution in [0, 0.1) is 0 Å². The minimum atomic E-state index is -0.602. The van der Waals surface area contributed by atoms with Gasteiger partial charge in [-0.1, -0.05) is 12.1 Å². The number of rotatable bonds is 6. The van der Waals surface area contributed by atoms with E-state index in [4.69, 9.17) is 9.47 Å². The van der Waals surface area contributed by atoms with Gasteiger partial charge in [-0.15, -0.1) is 0 Å². The maximum atomic E-state index is 11.8. The molecular weight excluding hydrogens is 232 g/mol. The van der Waals surface area contributed by atoms with Crippen LogP contribution in [0.25, 0.3) is 0 Å². The second-order valence-corrected chi connectivity index (χ2v) is 4.30. The van der Waals surface area contributed by atoms with Gasteiger partial charge in [0, 0.05) is 6.42 Å². The van der Waals surface area contributed by atoms with Gasteiger partial charge in [0.05, 0.1) is 12.7 Å². The van der Waals surface area contributed by atoms with E-state index in [2.05, 4.69) is 0 Å². The van der Waals surface area contributed by atoms with Crippen molar-refractivity contribution in [1.29, 1.82) is 0 Å². The molecular formula is C14H20O4. The molecule has 0 amide bonds. The Labute approximate surface area is 108 Å². The average molecular weight is 252 g/mol. The van der Waals surface area contributed by atoms with Crippen LogP contribution in [0.2, 0.25) is 0 Å². The van der Waals surface area contributed by atoms with Gasteiger partial charge in [-0.05, 0) is 38.5 Å². The number of hydrogen-bond donors (Lipinski definition) is 1. The summed E-state index contributed by atoms with van der Waals surface area (Å²) in [5.74, 6) is -0.143. The molecule has 1 aromatic carbocycles. The molecule has 0 bridgehead atoms.